The molecule has 0 aliphatic rings. The minimum Gasteiger partial charge on any atom is -0.437 e. The van der Waals surface area contributed by atoms with Crippen molar-refractivity contribution in [3.8, 4) is 11.6 Å². The van der Waals surface area contributed by atoms with E-state index in [1.54, 1.807) is 6.07 Å². The zero-order valence-corrected chi connectivity index (χ0v) is 9.23. The van der Waals surface area contributed by atoms with Crippen LogP contribution in [-0.2, 0) is 0 Å². The Morgan fingerprint density at radius 2 is 2.06 bits per heavy atom. The fourth-order valence-corrected chi connectivity index (χ4v) is 1.35. The van der Waals surface area contributed by atoms with Crippen LogP contribution >= 0.6 is 11.6 Å². The fraction of sp³-hybridized carbons (Fsp3) is 0.0909. The van der Waals surface area contributed by atoms with Crippen LogP contribution in [-0.4, -0.2) is 9.97 Å². The second-order valence-corrected chi connectivity index (χ2v) is 3.54. The van der Waals surface area contributed by atoms with Crippen LogP contribution in [0.3, 0.4) is 0 Å². The predicted octanol–water partition coefficient (Wildman–Crippen LogP) is 3.86. The normalized spacial score (nSPS) is 10.6. The van der Waals surface area contributed by atoms with Gasteiger partial charge in [-0.2, -0.15) is 4.98 Å². The molecule has 1 aromatic heterocycles. The molecule has 0 aliphatic carbocycles. The lowest BCUT2D eigenvalue weighted by Gasteiger charge is -2.06. The molecule has 0 aliphatic heterocycles. The van der Waals surface area contributed by atoms with Crippen LogP contribution in [0.4, 0.5) is 8.78 Å². The standard InChI is InChI=1S/C11H7ClF2N2O/c12-9-5-15-6-10(16-9)17-8-3-1-2-7(4-8)11(13)14/h1-6,11H. The highest BCUT2D eigenvalue weighted by atomic mass is 35.5. The Labute approximate surface area is 101 Å². The Morgan fingerprint density at radius 1 is 1.24 bits per heavy atom. The third kappa shape index (κ3) is 3.10. The molecule has 0 unspecified atom stereocenters. The zero-order chi connectivity index (χ0) is 12.3. The number of halogens is 3. The minimum absolute atomic E-state index is 0.113. The fourth-order valence-electron chi connectivity index (χ4n) is 1.21. The highest BCUT2D eigenvalue weighted by molar-refractivity contribution is 6.29. The number of alkyl halides is 2. The number of nitrogens with zero attached hydrogens (tertiary/aromatic N) is 2. The summed E-state index contributed by atoms with van der Waals surface area (Å²) in [5.74, 6) is 0.420. The molecule has 0 saturated carbocycles. The van der Waals surface area contributed by atoms with Crippen molar-refractivity contribution in [2.45, 2.75) is 6.43 Å². The van der Waals surface area contributed by atoms with Crippen molar-refractivity contribution in [3.63, 3.8) is 0 Å². The van der Waals surface area contributed by atoms with Gasteiger partial charge in [0.1, 0.15) is 5.75 Å². The maximum absolute atomic E-state index is 12.4. The van der Waals surface area contributed by atoms with Gasteiger partial charge in [-0.3, -0.25) is 4.98 Å². The Morgan fingerprint density at radius 3 is 2.76 bits per heavy atom. The van der Waals surface area contributed by atoms with Crippen molar-refractivity contribution in [2.75, 3.05) is 0 Å². The summed E-state index contributed by atoms with van der Waals surface area (Å²) in [6, 6.07) is 5.59. The van der Waals surface area contributed by atoms with Gasteiger partial charge in [-0.25, -0.2) is 8.78 Å². The molecule has 0 spiro atoms. The van der Waals surface area contributed by atoms with Crippen LogP contribution in [0, 0.1) is 0 Å². The van der Waals surface area contributed by atoms with Gasteiger partial charge in [-0.05, 0) is 12.1 Å². The molecule has 0 saturated heterocycles. The average Bonchev–Trinajstić information content (AvgIpc) is 2.29. The maximum atomic E-state index is 12.4. The summed E-state index contributed by atoms with van der Waals surface area (Å²) in [4.78, 5) is 7.61. The van der Waals surface area contributed by atoms with Crippen LogP contribution in [0.15, 0.2) is 36.7 Å². The van der Waals surface area contributed by atoms with E-state index >= 15 is 0 Å². The minimum atomic E-state index is -2.54. The summed E-state index contributed by atoms with van der Waals surface area (Å²) < 4.78 is 30.1. The van der Waals surface area contributed by atoms with Crippen LogP contribution < -0.4 is 4.74 Å². The largest absolute Gasteiger partial charge is 0.437 e. The number of hydrogen-bond acceptors (Lipinski definition) is 3. The molecule has 2 rings (SSSR count). The van der Waals surface area contributed by atoms with Gasteiger partial charge in [0.25, 0.3) is 6.43 Å². The molecule has 1 heterocycles. The van der Waals surface area contributed by atoms with E-state index in [4.69, 9.17) is 16.3 Å². The number of benzene rings is 1. The molecule has 0 fully saturated rings. The van der Waals surface area contributed by atoms with Gasteiger partial charge in [0.15, 0.2) is 5.15 Å². The van der Waals surface area contributed by atoms with E-state index in [2.05, 4.69) is 9.97 Å². The molecular formula is C11H7ClF2N2O. The summed E-state index contributed by atoms with van der Waals surface area (Å²) in [6.07, 6.45) is 0.161. The zero-order valence-electron chi connectivity index (χ0n) is 8.48. The van der Waals surface area contributed by atoms with Crippen LogP contribution in [0.25, 0.3) is 0 Å². The van der Waals surface area contributed by atoms with Crippen molar-refractivity contribution in [3.05, 3.63) is 47.4 Å². The number of ether oxygens (including phenoxy) is 1. The van der Waals surface area contributed by atoms with E-state index in [0.717, 1.165) is 0 Å². The first-order chi connectivity index (χ1) is 8.15. The topological polar surface area (TPSA) is 35.0 Å². The van der Waals surface area contributed by atoms with Crippen LogP contribution in [0.2, 0.25) is 5.15 Å². The Hall–Kier alpha value is -1.75. The summed E-state index contributed by atoms with van der Waals surface area (Å²) >= 11 is 5.62. The van der Waals surface area contributed by atoms with Gasteiger partial charge in [0.05, 0.1) is 12.4 Å². The van der Waals surface area contributed by atoms with E-state index < -0.39 is 6.43 Å². The number of rotatable bonds is 3. The second kappa shape index (κ2) is 5.05. The highest BCUT2D eigenvalue weighted by Gasteiger charge is 2.08. The molecule has 0 atom stereocenters. The van der Waals surface area contributed by atoms with Gasteiger partial charge in [-0.15, -0.1) is 0 Å². The van der Waals surface area contributed by atoms with Gasteiger partial charge in [0.2, 0.25) is 5.88 Å². The summed E-state index contributed by atoms with van der Waals surface area (Å²) in [5.41, 5.74) is -0.113. The lowest BCUT2D eigenvalue weighted by atomic mass is 10.2. The lowest BCUT2D eigenvalue weighted by molar-refractivity contribution is 0.151. The molecule has 2 aromatic rings. The molecule has 0 N–H and O–H groups in total. The average molecular weight is 257 g/mol. The van der Waals surface area contributed by atoms with E-state index in [1.165, 1.54) is 30.6 Å². The summed E-state index contributed by atoms with van der Waals surface area (Å²) in [5, 5.41) is 0.174. The highest BCUT2D eigenvalue weighted by Crippen LogP contribution is 2.25. The third-order valence-corrected chi connectivity index (χ3v) is 2.10. The Balaban J connectivity index is 2.21. The first-order valence-electron chi connectivity index (χ1n) is 4.68. The Bertz CT molecular complexity index is 522. The van der Waals surface area contributed by atoms with Crippen LogP contribution in [0.5, 0.6) is 11.6 Å². The van der Waals surface area contributed by atoms with Crippen molar-refractivity contribution in [2.24, 2.45) is 0 Å². The van der Waals surface area contributed by atoms with Gasteiger partial charge >= 0.3 is 0 Å². The summed E-state index contributed by atoms with van der Waals surface area (Å²) in [6.45, 7) is 0. The van der Waals surface area contributed by atoms with Gasteiger partial charge < -0.3 is 4.74 Å². The van der Waals surface area contributed by atoms with E-state index in [0.29, 0.717) is 0 Å². The molecule has 0 radical (unpaired) electrons. The van der Waals surface area contributed by atoms with E-state index in [1.807, 2.05) is 0 Å². The summed E-state index contributed by atoms with van der Waals surface area (Å²) in [7, 11) is 0. The maximum Gasteiger partial charge on any atom is 0.263 e. The van der Waals surface area contributed by atoms with E-state index in [-0.39, 0.29) is 22.3 Å². The van der Waals surface area contributed by atoms with Crippen LogP contribution in [0.1, 0.15) is 12.0 Å². The second-order valence-electron chi connectivity index (χ2n) is 3.16. The number of hydrogen-bond donors (Lipinski definition) is 0. The number of aromatic nitrogens is 2. The Kier molecular flexibility index (Phi) is 3.49. The molecule has 17 heavy (non-hydrogen) atoms. The lowest BCUT2D eigenvalue weighted by Crippen LogP contribution is -1.91. The van der Waals surface area contributed by atoms with Gasteiger partial charge in [-0.1, -0.05) is 23.7 Å². The van der Waals surface area contributed by atoms with Gasteiger partial charge in [0, 0.05) is 5.56 Å². The first kappa shape index (κ1) is 11.7. The quantitative estimate of drug-likeness (QED) is 0.836. The van der Waals surface area contributed by atoms with Crippen molar-refractivity contribution in [1.29, 1.82) is 0 Å². The molecule has 6 heteroatoms. The SMILES string of the molecule is FC(F)c1cccc(Oc2cncc(Cl)n2)c1. The molecule has 3 nitrogen and oxygen atoms in total. The van der Waals surface area contributed by atoms with Crippen molar-refractivity contribution < 1.29 is 13.5 Å². The van der Waals surface area contributed by atoms with Crippen molar-refractivity contribution in [1.82, 2.24) is 9.97 Å². The van der Waals surface area contributed by atoms with Crippen molar-refractivity contribution >= 4 is 11.6 Å². The molecular weight excluding hydrogens is 250 g/mol. The third-order valence-electron chi connectivity index (χ3n) is 1.92. The smallest absolute Gasteiger partial charge is 0.263 e. The molecule has 88 valence electrons. The molecule has 0 bridgehead atoms. The molecule has 0 amide bonds. The first-order valence-corrected chi connectivity index (χ1v) is 5.06. The molecule has 1 aromatic carbocycles. The predicted molar refractivity (Wildman–Crippen MR) is 58.5 cm³/mol. The van der Waals surface area contributed by atoms with E-state index in [9.17, 15) is 8.78 Å². The monoisotopic (exact) mass is 256 g/mol.